The molecule has 0 saturated heterocycles. The summed E-state index contributed by atoms with van der Waals surface area (Å²) in [5, 5.41) is 14.9. The number of aliphatic hydroxyl groups is 1. The van der Waals surface area contributed by atoms with E-state index in [-0.39, 0.29) is 31.0 Å². The minimum atomic E-state index is -0.135. The minimum Gasteiger partial charge on any atom is -0.497 e. The summed E-state index contributed by atoms with van der Waals surface area (Å²) in [6.45, 7) is 4.19. The van der Waals surface area contributed by atoms with Crippen LogP contribution in [0, 0.1) is 5.92 Å². The van der Waals surface area contributed by atoms with Gasteiger partial charge in [0.25, 0.3) is 0 Å². The molecule has 1 atom stereocenters. The number of rotatable bonds is 7. The third-order valence-corrected chi connectivity index (χ3v) is 2.90. The molecule has 0 heterocycles. The molecule has 1 rings (SSSR count). The lowest BCUT2D eigenvalue weighted by Crippen LogP contribution is -2.41. The molecule has 0 aliphatic carbocycles. The van der Waals surface area contributed by atoms with Crippen LogP contribution in [-0.4, -0.2) is 37.3 Å². The lowest BCUT2D eigenvalue weighted by Gasteiger charge is -2.19. The highest BCUT2D eigenvalue weighted by molar-refractivity contribution is 5.92. The van der Waals surface area contributed by atoms with Gasteiger partial charge in [0, 0.05) is 11.7 Å². The molecule has 1 aromatic carbocycles. The number of hydrogen-bond acceptors (Lipinski definition) is 4. The third-order valence-electron chi connectivity index (χ3n) is 2.90. The van der Waals surface area contributed by atoms with Gasteiger partial charge in [-0.2, -0.15) is 0 Å². The number of methoxy groups -OCH3 is 1. The monoisotopic (exact) mass is 266 g/mol. The second kappa shape index (κ2) is 7.76. The van der Waals surface area contributed by atoms with Crippen molar-refractivity contribution in [2.24, 2.45) is 5.92 Å². The molecule has 0 bridgehead atoms. The Morgan fingerprint density at radius 2 is 1.95 bits per heavy atom. The van der Waals surface area contributed by atoms with Crippen LogP contribution in [0.5, 0.6) is 5.75 Å². The van der Waals surface area contributed by atoms with E-state index in [1.165, 1.54) is 0 Å². The van der Waals surface area contributed by atoms with Gasteiger partial charge in [0.1, 0.15) is 5.75 Å². The van der Waals surface area contributed by atoms with Crippen LogP contribution in [0.3, 0.4) is 0 Å². The van der Waals surface area contributed by atoms with Crippen molar-refractivity contribution in [3.8, 4) is 5.75 Å². The van der Waals surface area contributed by atoms with Crippen molar-refractivity contribution in [3.63, 3.8) is 0 Å². The lowest BCUT2D eigenvalue weighted by atomic mass is 10.1. The maximum Gasteiger partial charge on any atom is 0.238 e. The molecule has 0 aliphatic heterocycles. The average molecular weight is 266 g/mol. The van der Waals surface area contributed by atoms with Crippen LogP contribution in [0.1, 0.15) is 13.8 Å². The molecule has 0 fully saturated rings. The maximum absolute atomic E-state index is 11.7. The quantitative estimate of drug-likeness (QED) is 0.694. The zero-order valence-corrected chi connectivity index (χ0v) is 11.6. The van der Waals surface area contributed by atoms with Gasteiger partial charge >= 0.3 is 0 Å². The maximum atomic E-state index is 11.7. The van der Waals surface area contributed by atoms with Crippen LogP contribution in [0.25, 0.3) is 0 Å². The van der Waals surface area contributed by atoms with Crippen LogP contribution >= 0.6 is 0 Å². The van der Waals surface area contributed by atoms with E-state index in [4.69, 9.17) is 9.84 Å². The number of benzene rings is 1. The highest BCUT2D eigenvalue weighted by atomic mass is 16.5. The zero-order chi connectivity index (χ0) is 14.3. The molecule has 0 spiro atoms. The van der Waals surface area contributed by atoms with Gasteiger partial charge in [0.05, 0.1) is 20.3 Å². The van der Waals surface area contributed by atoms with E-state index in [1.54, 1.807) is 31.4 Å². The molecule has 0 radical (unpaired) electrons. The van der Waals surface area contributed by atoms with Crippen LogP contribution < -0.4 is 15.4 Å². The standard InChI is InChI=1S/C14H22N2O3/c1-10(2)13(9-17)15-8-14(18)16-11-4-6-12(19-3)7-5-11/h4-7,10,13,15,17H,8-9H2,1-3H3,(H,16,18). The van der Waals surface area contributed by atoms with Gasteiger partial charge in [-0.15, -0.1) is 0 Å². The fourth-order valence-corrected chi connectivity index (χ4v) is 1.61. The fourth-order valence-electron chi connectivity index (χ4n) is 1.61. The highest BCUT2D eigenvalue weighted by Gasteiger charge is 2.12. The average Bonchev–Trinajstić information content (AvgIpc) is 2.40. The first-order chi connectivity index (χ1) is 9.06. The number of nitrogens with one attached hydrogen (secondary N) is 2. The molecule has 106 valence electrons. The molecular weight excluding hydrogens is 244 g/mol. The number of anilines is 1. The fraction of sp³-hybridized carbons (Fsp3) is 0.500. The van der Waals surface area contributed by atoms with Crippen LogP contribution in [-0.2, 0) is 4.79 Å². The van der Waals surface area contributed by atoms with E-state index in [2.05, 4.69) is 10.6 Å². The Hall–Kier alpha value is -1.59. The summed E-state index contributed by atoms with van der Waals surface area (Å²) in [6.07, 6.45) is 0. The van der Waals surface area contributed by atoms with Crippen molar-refractivity contribution in [3.05, 3.63) is 24.3 Å². The number of carbonyl (C=O) groups is 1. The summed E-state index contributed by atoms with van der Waals surface area (Å²) < 4.78 is 5.04. The van der Waals surface area contributed by atoms with Gasteiger partial charge in [0.2, 0.25) is 5.91 Å². The normalized spacial score (nSPS) is 12.3. The van der Waals surface area contributed by atoms with E-state index in [9.17, 15) is 4.79 Å². The first-order valence-electron chi connectivity index (χ1n) is 6.35. The first-order valence-corrected chi connectivity index (χ1v) is 6.35. The minimum absolute atomic E-state index is 0.0213. The summed E-state index contributed by atoms with van der Waals surface area (Å²) in [4.78, 5) is 11.7. The molecule has 19 heavy (non-hydrogen) atoms. The second-order valence-electron chi connectivity index (χ2n) is 4.69. The Morgan fingerprint density at radius 3 is 2.42 bits per heavy atom. The van der Waals surface area contributed by atoms with Gasteiger partial charge in [-0.05, 0) is 30.2 Å². The van der Waals surface area contributed by atoms with E-state index < -0.39 is 0 Å². The molecule has 0 aliphatic rings. The summed E-state index contributed by atoms with van der Waals surface area (Å²) in [6, 6.07) is 7.06. The number of amides is 1. The number of carbonyl (C=O) groups excluding carboxylic acids is 1. The van der Waals surface area contributed by atoms with E-state index >= 15 is 0 Å². The number of aliphatic hydroxyl groups excluding tert-OH is 1. The second-order valence-corrected chi connectivity index (χ2v) is 4.69. The summed E-state index contributed by atoms with van der Waals surface area (Å²) in [5.74, 6) is 0.888. The first kappa shape index (κ1) is 15.5. The summed E-state index contributed by atoms with van der Waals surface area (Å²) in [7, 11) is 1.60. The zero-order valence-electron chi connectivity index (χ0n) is 11.6. The Balaban J connectivity index is 2.42. The van der Waals surface area contributed by atoms with E-state index in [0.29, 0.717) is 0 Å². The molecule has 1 amide bonds. The van der Waals surface area contributed by atoms with Crippen molar-refractivity contribution in [1.82, 2.24) is 5.32 Å². The van der Waals surface area contributed by atoms with Crippen molar-refractivity contribution >= 4 is 11.6 Å². The molecular formula is C14H22N2O3. The summed E-state index contributed by atoms with van der Waals surface area (Å²) >= 11 is 0. The Morgan fingerprint density at radius 1 is 1.32 bits per heavy atom. The van der Waals surface area contributed by atoms with Crippen LogP contribution in [0.15, 0.2) is 24.3 Å². The van der Waals surface area contributed by atoms with E-state index in [1.807, 2.05) is 13.8 Å². The molecule has 5 heteroatoms. The lowest BCUT2D eigenvalue weighted by molar-refractivity contribution is -0.115. The number of ether oxygens (including phenoxy) is 1. The largest absolute Gasteiger partial charge is 0.497 e. The van der Waals surface area contributed by atoms with E-state index in [0.717, 1.165) is 11.4 Å². The predicted molar refractivity (Wildman–Crippen MR) is 75.3 cm³/mol. The van der Waals surface area contributed by atoms with Crippen molar-refractivity contribution in [2.75, 3.05) is 25.6 Å². The van der Waals surface area contributed by atoms with Gasteiger partial charge < -0.3 is 20.5 Å². The Bertz CT molecular complexity index is 390. The smallest absolute Gasteiger partial charge is 0.238 e. The predicted octanol–water partition coefficient (Wildman–Crippen LogP) is 1.24. The molecule has 3 N–H and O–H groups in total. The Kier molecular flexibility index (Phi) is 6.32. The summed E-state index contributed by atoms with van der Waals surface area (Å²) in [5.41, 5.74) is 0.720. The molecule has 0 saturated carbocycles. The molecule has 5 nitrogen and oxygen atoms in total. The van der Waals surface area contributed by atoms with Crippen LogP contribution in [0.4, 0.5) is 5.69 Å². The molecule has 1 unspecified atom stereocenters. The highest BCUT2D eigenvalue weighted by Crippen LogP contribution is 2.14. The van der Waals surface area contributed by atoms with Gasteiger partial charge in [-0.1, -0.05) is 13.8 Å². The van der Waals surface area contributed by atoms with Gasteiger partial charge in [-0.3, -0.25) is 4.79 Å². The number of hydrogen-bond donors (Lipinski definition) is 3. The third kappa shape index (κ3) is 5.28. The molecule has 0 aromatic heterocycles. The van der Waals surface area contributed by atoms with Crippen molar-refractivity contribution < 1.29 is 14.6 Å². The van der Waals surface area contributed by atoms with Crippen molar-refractivity contribution in [2.45, 2.75) is 19.9 Å². The topological polar surface area (TPSA) is 70.6 Å². The SMILES string of the molecule is COc1ccc(NC(=O)CNC(CO)C(C)C)cc1. The Labute approximate surface area is 114 Å². The molecule has 1 aromatic rings. The van der Waals surface area contributed by atoms with Crippen LogP contribution in [0.2, 0.25) is 0 Å². The van der Waals surface area contributed by atoms with Gasteiger partial charge in [0.15, 0.2) is 0 Å². The van der Waals surface area contributed by atoms with Gasteiger partial charge in [-0.25, -0.2) is 0 Å². The van der Waals surface area contributed by atoms with Crippen molar-refractivity contribution in [1.29, 1.82) is 0 Å².